The number of methoxy groups -OCH3 is 1. The topological polar surface area (TPSA) is 98.1 Å². The van der Waals surface area contributed by atoms with Crippen molar-refractivity contribution in [2.45, 2.75) is 0 Å². The summed E-state index contributed by atoms with van der Waals surface area (Å²) in [6.45, 7) is 0. The Hall–Kier alpha value is -3.72. The Balaban J connectivity index is 1.92. The predicted octanol–water partition coefficient (Wildman–Crippen LogP) is 3.43. The van der Waals surface area contributed by atoms with E-state index in [-0.39, 0.29) is 11.3 Å². The lowest BCUT2D eigenvalue weighted by atomic mass is 10.1. The third kappa shape index (κ3) is 3.46. The number of aromatic nitrogens is 1. The first kappa shape index (κ1) is 16.1. The summed E-state index contributed by atoms with van der Waals surface area (Å²) < 4.78 is 5.21. The molecule has 6 nitrogen and oxygen atoms in total. The van der Waals surface area contributed by atoms with Crippen LogP contribution in [0, 0.1) is 11.3 Å². The molecule has 0 atom stereocenters. The van der Waals surface area contributed by atoms with Gasteiger partial charge in [0.15, 0.2) is 0 Å². The number of hydrogen-bond donors (Lipinski definition) is 3. The number of aromatic hydroxyl groups is 1. The maximum atomic E-state index is 12.3. The Morgan fingerprint density at radius 2 is 2.16 bits per heavy atom. The SMILES string of the molecule is COc1ccc2[nH]cc(/C=C(\C#N)C(=O)Nc3cccc(O)c3)c2c1. The number of carbonyl (C=O) groups is 1. The highest BCUT2D eigenvalue weighted by atomic mass is 16.5. The molecule has 6 heteroatoms. The summed E-state index contributed by atoms with van der Waals surface area (Å²) >= 11 is 0. The van der Waals surface area contributed by atoms with Crippen LogP contribution in [-0.2, 0) is 4.79 Å². The van der Waals surface area contributed by atoms with Crippen molar-refractivity contribution in [3.63, 3.8) is 0 Å². The molecule has 1 heterocycles. The number of phenolic OH excluding ortho intramolecular Hbond substituents is 1. The molecule has 0 aliphatic heterocycles. The number of carbonyl (C=O) groups excluding carboxylic acids is 1. The van der Waals surface area contributed by atoms with Gasteiger partial charge in [0.1, 0.15) is 23.1 Å². The highest BCUT2D eigenvalue weighted by molar-refractivity contribution is 6.10. The van der Waals surface area contributed by atoms with Crippen LogP contribution in [0.15, 0.2) is 54.2 Å². The van der Waals surface area contributed by atoms with Crippen molar-refractivity contribution in [3.05, 3.63) is 59.8 Å². The van der Waals surface area contributed by atoms with E-state index in [0.717, 1.165) is 10.9 Å². The number of anilines is 1. The number of nitriles is 1. The maximum Gasteiger partial charge on any atom is 0.266 e. The van der Waals surface area contributed by atoms with Gasteiger partial charge in [-0.1, -0.05) is 6.07 Å². The minimum atomic E-state index is -0.551. The van der Waals surface area contributed by atoms with Crippen LogP contribution in [0.5, 0.6) is 11.5 Å². The van der Waals surface area contributed by atoms with Crippen molar-refractivity contribution in [1.29, 1.82) is 5.26 Å². The summed E-state index contributed by atoms with van der Waals surface area (Å²) in [5, 5.41) is 22.2. The fourth-order valence-corrected chi connectivity index (χ4v) is 2.45. The first-order chi connectivity index (χ1) is 12.1. The van der Waals surface area contributed by atoms with Crippen LogP contribution < -0.4 is 10.1 Å². The number of ether oxygens (including phenoxy) is 1. The Morgan fingerprint density at radius 1 is 1.32 bits per heavy atom. The van der Waals surface area contributed by atoms with Crippen LogP contribution in [0.1, 0.15) is 5.56 Å². The second-order valence-electron chi connectivity index (χ2n) is 5.33. The highest BCUT2D eigenvalue weighted by Crippen LogP contribution is 2.25. The second-order valence-corrected chi connectivity index (χ2v) is 5.33. The Labute approximate surface area is 144 Å². The normalized spacial score (nSPS) is 11.1. The summed E-state index contributed by atoms with van der Waals surface area (Å²) in [6.07, 6.45) is 3.24. The van der Waals surface area contributed by atoms with E-state index in [2.05, 4.69) is 10.3 Å². The van der Waals surface area contributed by atoms with E-state index in [1.54, 1.807) is 25.4 Å². The van der Waals surface area contributed by atoms with Gasteiger partial charge in [0.25, 0.3) is 5.91 Å². The van der Waals surface area contributed by atoms with Gasteiger partial charge in [0.2, 0.25) is 0 Å². The molecule has 0 spiro atoms. The van der Waals surface area contributed by atoms with E-state index in [9.17, 15) is 15.2 Å². The molecule has 124 valence electrons. The Kier molecular flexibility index (Phi) is 4.40. The molecule has 0 aliphatic rings. The maximum absolute atomic E-state index is 12.3. The van der Waals surface area contributed by atoms with Gasteiger partial charge in [0.05, 0.1) is 7.11 Å². The molecule has 1 aromatic heterocycles. The van der Waals surface area contributed by atoms with Crippen LogP contribution in [0.4, 0.5) is 5.69 Å². The molecule has 0 saturated heterocycles. The minimum absolute atomic E-state index is 0.0315. The standard InChI is InChI=1S/C19H15N3O3/c1-25-16-5-6-18-17(9-16)13(11-21-18)7-12(10-20)19(24)22-14-3-2-4-15(23)8-14/h2-9,11,21,23H,1H3,(H,22,24)/b12-7+. The molecular formula is C19H15N3O3. The van der Waals surface area contributed by atoms with Crippen molar-refractivity contribution in [3.8, 4) is 17.6 Å². The lowest BCUT2D eigenvalue weighted by Crippen LogP contribution is -2.13. The molecule has 0 bridgehead atoms. The van der Waals surface area contributed by atoms with Crippen molar-refractivity contribution in [2.24, 2.45) is 0 Å². The number of rotatable bonds is 4. The number of phenols is 1. The molecular weight excluding hydrogens is 318 g/mol. The zero-order valence-corrected chi connectivity index (χ0v) is 13.4. The third-order valence-corrected chi connectivity index (χ3v) is 3.69. The molecule has 1 amide bonds. The molecule has 0 radical (unpaired) electrons. The zero-order valence-electron chi connectivity index (χ0n) is 13.4. The highest BCUT2D eigenvalue weighted by Gasteiger charge is 2.12. The zero-order chi connectivity index (χ0) is 17.8. The van der Waals surface area contributed by atoms with Crippen LogP contribution in [0.25, 0.3) is 17.0 Å². The van der Waals surface area contributed by atoms with E-state index >= 15 is 0 Å². The number of amides is 1. The van der Waals surface area contributed by atoms with Crippen molar-refractivity contribution < 1.29 is 14.6 Å². The van der Waals surface area contributed by atoms with E-state index in [4.69, 9.17) is 4.74 Å². The molecule has 0 saturated carbocycles. The van der Waals surface area contributed by atoms with Gasteiger partial charge in [-0.15, -0.1) is 0 Å². The van der Waals surface area contributed by atoms with Crippen LogP contribution in [0.3, 0.4) is 0 Å². The monoisotopic (exact) mass is 333 g/mol. The molecule has 2 aromatic carbocycles. The number of aromatic amines is 1. The summed E-state index contributed by atoms with van der Waals surface area (Å²) in [7, 11) is 1.58. The van der Waals surface area contributed by atoms with Gasteiger partial charge in [-0.3, -0.25) is 4.79 Å². The van der Waals surface area contributed by atoms with Gasteiger partial charge in [-0.2, -0.15) is 5.26 Å². The summed E-state index contributed by atoms with van der Waals surface area (Å²) in [6, 6.07) is 13.6. The van der Waals surface area contributed by atoms with E-state index in [0.29, 0.717) is 17.0 Å². The molecule has 3 N–H and O–H groups in total. The molecule has 3 rings (SSSR count). The first-order valence-corrected chi connectivity index (χ1v) is 7.48. The molecule has 0 aliphatic carbocycles. The third-order valence-electron chi connectivity index (χ3n) is 3.69. The molecule has 3 aromatic rings. The number of fused-ring (bicyclic) bond motifs is 1. The second kappa shape index (κ2) is 6.81. The lowest BCUT2D eigenvalue weighted by molar-refractivity contribution is -0.112. The average Bonchev–Trinajstić information content (AvgIpc) is 3.01. The van der Waals surface area contributed by atoms with Gasteiger partial charge in [-0.25, -0.2) is 0 Å². The van der Waals surface area contributed by atoms with Crippen molar-refractivity contribution in [2.75, 3.05) is 12.4 Å². The van der Waals surface area contributed by atoms with Crippen LogP contribution >= 0.6 is 0 Å². The fraction of sp³-hybridized carbons (Fsp3) is 0.0526. The predicted molar refractivity (Wildman–Crippen MR) is 95.2 cm³/mol. The average molecular weight is 333 g/mol. The smallest absolute Gasteiger partial charge is 0.266 e. The number of H-pyrrole nitrogens is 1. The number of nitrogens with zero attached hydrogens (tertiary/aromatic N) is 1. The summed E-state index contributed by atoms with van der Waals surface area (Å²) in [5.74, 6) is 0.166. The number of nitrogens with one attached hydrogen (secondary N) is 2. The van der Waals surface area contributed by atoms with Crippen molar-refractivity contribution >= 4 is 28.6 Å². The van der Waals surface area contributed by atoms with Gasteiger partial charge in [-0.05, 0) is 36.4 Å². The number of hydrogen-bond acceptors (Lipinski definition) is 4. The lowest BCUT2D eigenvalue weighted by Gasteiger charge is -2.04. The quantitative estimate of drug-likeness (QED) is 0.503. The Morgan fingerprint density at radius 3 is 2.88 bits per heavy atom. The van der Waals surface area contributed by atoms with E-state index in [1.165, 1.54) is 18.2 Å². The molecule has 25 heavy (non-hydrogen) atoms. The molecule has 0 unspecified atom stereocenters. The Bertz CT molecular complexity index is 1010. The first-order valence-electron chi connectivity index (χ1n) is 7.48. The van der Waals surface area contributed by atoms with Crippen molar-refractivity contribution in [1.82, 2.24) is 4.98 Å². The summed E-state index contributed by atoms with van der Waals surface area (Å²) in [5.41, 5.74) is 1.94. The largest absolute Gasteiger partial charge is 0.508 e. The number of benzene rings is 2. The van der Waals surface area contributed by atoms with E-state index < -0.39 is 5.91 Å². The van der Waals surface area contributed by atoms with E-state index in [1.807, 2.05) is 24.3 Å². The van der Waals surface area contributed by atoms with Crippen LogP contribution in [0.2, 0.25) is 0 Å². The summed E-state index contributed by atoms with van der Waals surface area (Å²) in [4.78, 5) is 15.4. The minimum Gasteiger partial charge on any atom is -0.508 e. The van der Waals surface area contributed by atoms with Crippen LogP contribution in [-0.4, -0.2) is 23.1 Å². The molecule has 0 fully saturated rings. The van der Waals surface area contributed by atoms with Gasteiger partial charge >= 0.3 is 0 Å². The van der Waals surface area contributed by atoms with Gasteiger partial charge < -0.3 is 20.1 Å². The van der Waals surface area contributed by atoms with Gasteiger partial charge in [0, 0.05) is 34.4 Å². The fourth-order valence-electron chi connectivity index (χ4n) is 2.45.